The van der Waals surface area contributed by atoms with Crippen LogP contribution in [0.2, 0.25) is 0 Å². The fourth-order valence-electron chi connectivity index (χ4n) is 2.61. The molecule has 7 heteroatoms. The maximum absolute atomic E-state index is 12.4. The Kier molecular flexibility index (Phi) is 4.95. The van der Waals surface area contributed by atoms with Gasteiger partial charge >= 0.3 is 0 Å². The molecular weight excluding hydrogens is 316 g/mol. The molecule has 0 aliphatic carbocycles. The number of aromatic nitrogens is 3. The van der Waals surface area contributed by atoms with E-state index in [-0.39, 0.29) is 5.56 Å². The van der Waals surface area contributed by atoms with Crippen LogP contribution in [0.25, 0.3) is 10.9 Å². The SMILES string of the molecule is Cc1cccc(Nc2nc(NCCCN)nc3c(C)c[nH]c(=O)c23)c1. The van der Waals surface area contributed by atoms with E-state index in [0.717, 1.165) is 23.2 Å². The van der Waals surface area contributed by atoms with E-state index in [1.165, 1.54) is 0 Å². The standard InChI is InChI=1S/C18H22N6O/c1-11-5-3-6-13(9-11)22-16-14-15(12(2)10-21-17(14)25)23-18(24-16)20-8-4-7-19/h3,5-6,9-10H,4,7-8,19H2,1-2H3,(H,21,25)(H2,20,22,23,24). The molecule has 0 spiro atoms. The van der Waals surface area contributed by atoms with E-state index < -0.39 is 0 Å². The van der Waals surface area contributed by atoms with Gasteiger partial charge in [-0.05, 0) is 50.1 Å². The van der Waals surface area contributed by atoms with Gasteiger partial charge in [0, 0.05) is 18.4 Å². The molecule has 0 unspecified atom stereocenters. The van der Waals surface area contributed by atoms with Gasteiger partial charge in [-0.25, -0.2) is 4.98 Å². The zero-order chi connectivity index (χ0) is 17.8. The topological polar surface area (TPSA) is 109 Å². The zero-order valence-electron chi connectivity index (χ0n) is 14.4. The van der Waals surface area contributed by atoms with Gasteiger partial charge in [-0.3, -0.25) is 4.79 Å². The smallest absolute Gasteiger partial charge is 0.261 e. The third-order valence-electron chi connectivity index (χ3n) is 3.87. The Bertz CT molecular complexity index is 950. The third kappa shape index (κ3) is 3.77. The molecule has 0 bridgehead atoms. The number of hydrogen-bond acceptors (Lipinski definition) is 6. The molecule has 2 aromatic heterocycles. The molecular formula is C18H22N6O. The van der Waals surface area contributed by atoms with Crippen molar-refractivity contribution < 1.29 is 0 Å². The number of H-pyrrole nitrogens is 1. The first-order chi connectivity index (χ1) is 12.1. The number of aryl methyl sites for hydroxylation is 2. The molecule has 25 heavy (non-hydrogen) atoms. The average molecular weight is 338 g/mol. The molecule has 1 aromatic carbocycles. The quantitative estimate of drug-likeness (QED) is 0.514. The van der Waals surface area contributed by atoms with Crippen LogP contribution in [-0.2, 0) is 0 Å². The van der Waals surface area contributed by atoms with Gasteiger partial charge in [0.1, 0.15) is 11.2 Å². The van der Waals surface area contributed by atoms with Crippen LogP contribution >= 0.6 is 0 Å². The summed E-state index contributed by atoms with van der Waals surface area (Å²) in [4.78, 5) is 24.1. The predicted molar refractivity (Wildman–Crippen MR) is 102 cm³/mol. The molecule has 0 aliphatic rings. The van der Waals surface area contributed by atoms with Crippen molar-refractivity contribution >= 4 is 28.4 Å². The first kappa shape index (κ1) is 16.9. The zero-order valence-corrected chi connectivity index (χ0v) is 14.4. The van der Waals surface area contributed by atoms with Crippen LogP contribution in [0, 0.1) is 13.8 Å². The highest BCUT2D eigenvalue weighted by Crippen LogP contribution is 2.24. The second-order valence-corrected chi connectivity index (χ2v) is 5.98. The van der Waals surface area contributed by atoms with Gasteiger partial charge in [0.05, 0.1) is 5.52 Å². The van der Waals surface area contributed by atoms with Crippen LogP contribution < -0.4 is 21.9 Å². The van der Waals surface area contributed by atoms with Crippen molar-refractivity contribution in [1.82, 2.24) is 15.0 Å². The summed E-state index contributed by atoms with van der Waals surface area (Å²) in [7, 11) is 0. The van der Waals surface area contributed by atoms with Crippen LogP contribution in [0.5, 0.6) is 0 Å². The molecule has 3 rings (SSSR count). The number of anilines is 3. The van der Waals surface area contributed by atoms with Crippen molar-refractivity contribution in [1.29, 1.82) is 0 Å². The lowest BCUT2D eigenvalue weighted by Gasteiger charge is -2.12. The lowest BCUT2D eigenvalue weighted by molar-refractivity contribution is 0.865. The highest BCUT2D eigenvalue weighted by atomic mass is 16.1. The van der Waals surface area contributed by atoms with E-state index in [1.807, 2.05) is 38.1 Å². The molecule has 0 amide bonds. The van der Waals surface area contributed by atoms with Gasteiger partial charge < -0.3 is 21.4 Å². The van der Waals surface area contributed by atoms with Gasteiger partial charge in [0.2, 0.25) is 5.95 Å². The number of fused-ring (bicyclic) bond motifs is 1. The van der Waals surface area contributed by atoms with Crippen LogP contribution in [0.4, 0.5) is 17.5 Å². The van der Waals surface area contributed by atoms with Crippen molar-refractivity contribution in [2.75, 3.05) is 23.7 Å². The van der Waals surface area contributed by atoms with E-state index in [9.17, 15) is 4.79 Å². The van der Waals surface area contributed by atoms with E-state index in [0.29, 0.717) is 35.8 Å². The largest absolute Gasteiger partial charge is 0.354 e. The number of pyridine rings is 1. The summed E-state index contributed by atoms with van der Waals surface area (Å²) in [5.74, 6) is 0.959. The minimum absolute atomic E-state index is 0.218. The first-order valence-electron chi connectivity index (χ1n) is 8.26. The number of nitrogens with one attached hydrogen (secondary N) is 3. The Hall–Kier alpha value is -2.93. The molecule has 130 valence electrons. The Labute approximate surface area is 145 Å². The fourth-order valence-corrected chi connectivity index (χ4v) is 2.61. The Morgan fingerprint density at radius 3 is 2.84 bits per heavy atom. The summed E-state index contributed by atoms with van der Waals surface area (Å²) in [5.41, 5.74) is 8.82. The van der Waals surface area contributed by atoms with E-state index in [2.05, 4.69) is 25.6 Å². The second-order valence-electron chi connectivity index (χ2n) is 5.98. The summed E-state index contributed by atoms with van der Waals surface area (Å²) >= 11 is 0. The number of nitrogens with two attached hydrogens (primary N) is 1. The number of rotatable bonds is 6. The van der Waals surface area contributed by atoms with E-state index in [4.69, 9.17) is 5.73 Å². The van der Waals surface area contributed by atoms with Gasteiger partial charge in [-0.1, -0.05) is 12.1 Å². The van der Waals surface area contributed by atoms with Crippen molar-refractivity contribution in [3.8, 4) is 0 Å². The first-order valence-corrected chi connectivity index (χ1v) is 8.26. The lowest BCUT2D eigenvalue weighted by Crippen LogP contribution is -2.15. The van der Waals surface area contributed by atoms with Gasteiger partial charge in [-0.15, -0.1) is 0 Å². The summed E-state index contributed by atoms with van der Waals surface area (Å²) < 4.78 is 0. The van der Waals surface area contributed by atoms with E-state index >= 15 is 0 Å². The maximum atomic E-state index is 12.4. The van der Waals surface area contributed by atoms with Gasteiger partial charge in [0.25, 0.3) is 5.56 Å². The van der Waals surface area contributed by atoms with Crippen molar-refractivity contribution in [3.63, 3.8) is 0 Å². The van der Waals surface area contributed by atoms with E-state index in [1.54, 1.807) is 6.20 Å². The van der Waals surface area contributed by atoms with Crippen LogP contribution in [0.15, 0.2) is 35.3 Å². The fraction of sp³-hybridized carbons (Fsp3) is 0.278. The van der Waals surface area contributed by atoms with Crippen LogP contribution in [-0.4, -0.2) is 28.0 Å². The molecule has 7 nitrogen and oxygen atoms in total. The summed E-state index contributed by atoms with van der Waals surface area (Å²) in [6.45, 7) is 5.19. The van der Waals surface area contributed by atoms with Gasteiger partial charge in [-0.2, -0.15) is 4.98 Å². The lowest BCUT2D eigenvalue weighted by atomic mass is 10.2. The third-order valence-corrected chi connectivity index (χ3v) is 3.87. The monoisotopic (exact) mass is 338 g/mol. The van der Waals surface area contributed by atoms with Gasteiger partial charge in [0.15, 0.2) is 0 Å². The molecule has 0 radical (unpaired) electrons. The maximum Gasteiger partial charge on any atom is 0.261 e. The predicted octanol–water partition coefficient (Wildman–Crippen LogP) is 2.44. The second kappa shape index (κ2) is 7.31. The molecule has 0 fully saturated rings. The molecule has 0 saturated heterocycles. The molecule has 0 aliphatic heterocycles. The average Bonchev–Trinajstić information content (AvgIpc) is 2.58. The normalized spacial score (nSPS) is 10.8. The van der Waals surface area contributed by atoms with Crippen molar-refractivity contribution in [2.24, 2.45) is 5.73 Å². The summed E-state index contributed by atoms with van der Waals surface area (Å²) in [6.07, 6.45) is 2.48. The number of aromatic amines is 1. The van der Waals surface area contributed by atoms with Crippen LogP contribution in [0.3, 0.4) is 0 Å². The minimum atomic E-state index is -0.218. The molecule has 0 saturated carbocycles. The molecule has 2 heterocycles. The Balaban J connectivity index is 2.10. The molecule has 5 N–H and O–H groups in total. The van der Waals surface area contributed by atoms with Crippen LogP contribution in [0.1, 0.15) is 17.5 Å². The molecule has 0 atom stereocenters. The number of hydrogen-bond donors (Lipinski definition) is 4. The minimum Gasteiger partial charge on any atom is -0.354 e. The summed E-state index contributed by atoms with van der Waals surface area (Å²) in [5, 5.41) is 6.87. The summed E-state index contributed by atoms with van der Waals surface area (Å²) in [6, 6.07) is 7.91. The highest BCUT2D eigenvalue weighted by molar-refractivity contribution is 5.92. The van der Waals surface area contributed by atoms with Crippen molar-refractivity contribution in [3.05, 3.63) is 51.9 Å². The Morgan fingerprint density at radius 2 is 2.08 bits per heavy atom. The van der Waals surface area contributed by atoms with Crippen molar-refractivity contribution in [2.45, 2.75) is 20.3 Å². The Morgan fingerprint density at radius 1 is 1.24 bits per heavy atom. The highest BCUT2D eigenvalue weighted by Gasteiger charge is 2.13. The number of benzene rings is 1. The molecule has 3 aromatic rings. The number of nitrogens with zero attached hydrogens (tertiary/aromatic N) is 2.